The molecule has 1 saturated heterocycles. The van der Waals surface area contributed by atoms with Crippen molar-refractivity contribution >= 4 is 0 Å². The Hall–Kier alpha value is -1.72. The van der Waals surface area contributed by atoms with Crippen LogP contribution in [0.4, 0.5) is 4.39 Å². The molecule has 1 N–H and O–H groups in total. The Kier molecular flexibility index (Phi) is 3.47. The summed E-state index contributed by atoms with van der Waals surface area (Å²) >= 11 is 0. The Balaban J connectivity index is 1.53. The number of halogens is 1. The molecule has 1 aliphatic heterocycles. The number of aliphatic hydroxyl groups is 1. The van der Waals surface area contributed by atoms with E-state index in [1.54, 1.807) is 12.1 Å². The molecule has 0 spiro atoms. The molecule has 4 rings (SSSR count). The Morgan fingerprint density at radius 2 is 2.23 bits per heavy atom. The molecular formula is C17H19FN2O2. The molecule has 2 fully saturated rings. The summed E-state index contributed by atoms with van der Waals surface area (Å²) in [6, 6.07) is 6.60. The van der Waals surface area contributed by atoms with Gasteiger partial charge in [-0.15, -0.1) is 0 Å². The van der Waals surface area contributed by atoms with Crippen LogP contribution in [0, 0.1) is 5.82 Å². The predicted octanol–water partition coefficient (Wildman–Crippen LogP) is 3.00. The molecule has 2 aliphatic rings. The lowest BCUT2D eigenvalue weighted by molar-refractivity contribution is 0.166. The van der Waals surface area contributed by atoms with E-state index in [0.717, 1.165) is 11.3 Å². The first-order valence-electron chi connectivity index (χ1n) is 7.81. The molecular weight excluding hydrogens is 283 g/mol. The van der Waals surface area contributed by atoms with Gasteiger partial charge in [-0.25, -0.2) is 9.37 Å². The molecule has 2 aromatic rings. The summed E-state index contributed by atoms with van der Waals surface area (Å²) in [4.78, 5) is 6.46. The van der Waals surface area contributed by atoms with Crippen LogP contribution in [0.1, 0.15) is 48.4 Å². The van der Waals surface area contributed by atoms with E-state index < -0.39 is 6.10 Å². The van der Waals surface area contributed by atoms with Crippen LogP contribution in [-0.4, -0.2) is 27.6 Å². The maximum absolute atomic E-state index is 13.5. The van der Waals surface area contributed by atoms with Crippen molar-refractivity contribution in [2.75, 3.05) is 6.54 Å². The molecule has 0 unspecified atom stereocenters. The van der Waals surface area contributed by atoms with Gasteiger partial charge in [0.25, 0.3) is 0 Å². The van der Waals surface area contributed by atoms with Crippen LogP contribution in [0.25, 0.3) is 0 Å². The van der Waals surface area contributed by atoms with Gasteiger partial charge < -0.3 is 9.52 Å². The second-order valence-electron chi connectivity index (χ2n) is 6.32. The van der Waals surface area contributed by atoms with E-state index in [2.05, 4.69) is 9.88 Å². The molecule has 22 heavy (non-hydrogen) atoms. The summed E-state index contributed by atoms with van der Waals surface area (Å²) in [5, 5.41) is 10.00. The normalized spacial score (nSPS) is 25.7. The van der Waals surface area contributed by atoms with Gasteiger partial charge in [-0.3, -0.25) is 4.90 Å². The largest absolute Gasteiger partial charge is 0.444 e. The van der Waals surface area contributed by atoms with Gasteiger partial charge in [0.05, 0.1) is 18.8 Å². The van der Waals surface area contributed by atoms with Crippen molar-refractivity contribution in [3.05, 3.63) is 53.5 Å². The molecule has 1 aliphatic carbocycles. The Morgan fingerprint density at radius 1 is 1.36 bits per heavy atom. The second-order valence-corrected chi connectivity index (χ2v) is 6.32. The third-order valence-electron chi connectivity index (χ3n) is 4.50. The number of hydrogen-bond acceptors (Lipinski definition) is 4. The molecule has 0 bridgehead atoms. The average Bonchev–Trinajstić information content (AvgIpc) is 3.13. The van der Waals surface area contributed by atoms with Gasteiger partial charge in [0, 0.05) is 18.5 Å². The highest BCUT2D eigenvalue weighted by Gasteiger charge is 2.34. The predicted molar refractivity (Wildman–Crippen MR) is 78.7 cm³/mol. The number of nitrogens with zero attached hydrogens (tertiary/aromatic N) is 2. The van der Waals surface area contributed by atoms with Crippen molar-refractivity contribution in [2.45, 2.75) is 43.9 Å². The van der Waals surface area contributed by atoms with Gasteiger partial charge in [0.15, 0.2) is 0 Å². The first kappa shape index (κ1) is 13.9. The number of aromatic nitrogens is 1. The van der Waals surface area contributed by atoms with Gasteiger partial charge in [-0.05, 0) is 37.0 Å². The van der Waals surface area contributed by atoms with Crippen molar-refractivity contribution in [3.8, 4) is 0 Å². The molecule has 1 aromatic heterocycles. The van der Waals surface area contributed by atoms with E-state index in [9.17, 15) is 9.50 Å². The van der Waals surface area contributed by atoms with Gasteiger partial charge in [-0.2, -0.15) is 0 Å². The Labute approximate surface area is 128 Å². The summed E-state index contributed by atoms with van der Waals surface area (Å²) in [6.07, 6.45) is 4.40. The second kappa shape index (κ2) is 5.48. The van der Waals surface area contributed by atoms with Crippen LogP contribution < -0.4 is 0 Å². The quantitative estimate of drug-likeness (QED) is 0.943. The van der Waals surface area contributed by atoms with E-state index >= 15 is 0 Å². The maximum Gasteiger partial charge on any atom is 0.208 e. The fourth-order valence-corrected chi connectivity index (χ4v) is 3.24. The van der Waals surface area contributed by atoms with Crippen LogP contribution in [0.3, 0.4) is 0 Å². The van der Waals surface area contributed by atoms with E-state index in [0.29, 0.717) is 31.3 Å². The molecule has 116 valence electrons. The molecule has 4 nitrogen and oxygen atoms in total. The third-order valence-corrected chi connectivity index (χ3v) is 4.50. The topological polar surface area (TPSA) is 49.5 Å². The van der Waals surface area contributed by atoms with Crippen LogP contribution >= 0.6 is 0 Å². The Bertz CT molecular complexity index is 668. The summed E-state index contributed by atoms with van der Waals surface area (Å²) in [7, 11) is 0. The highest BCUT2D eigenvalue weighted by molar-refractivity contribution is 5.22. The summed E-state index contributed by atoms with van der Waals surface area (Å²) in [5.74, 6) is 1.95. The van der Waals surface area contributed by atoms with Crippen molar-refractivity contribution in [3.63, 3.8) is 0 Å². The zero-order chi connectivity index (χ0) is 15.1. The van der Waals surface area contributed by atoms with Crippen LogP contribution in [0.5, 0.6) is 0 Å². The first-order chi connectivity index (χ1) is 10.7. The van der Waals surface area contributed by atoms with Gasteiger partial charge in [0.2, 0.25) is 5.89 Å². The van der Waals surface area contributed by atoms with E-state index in [-0.39, 0.29) is 11.9 Å². The molecule has 5 heteroatoms. The molecule has 2 heterocycles. The molecule has 1 saturated carbocycles. The van der Waals surface area contributed by atoms with Gasteiger partial charge in [-0.1, -0.05) is 12.1 Å². The monoisotopic (exact) mass is 302 g/mol. The minimum absolute atomic E-state index is 0.00183. The number of β-amino-alcohol motifs (C(OH)–C–C–N with tert-alkyl or cyclic N) is 1. The number of aliphatic hydroxyl groups excluding tert-OH is 1. The highest BCUT2D eigenvalue weighted by atomic mass is 19.1. The Morgan fingerprint density at radius 3 is 3.00 bits per heavy atom. The maximum atomic E-state index is 13.5. The fourth-order valence-electron chi connectivity index (χ4n) is 3.24. The number of rotatable bonds is 4. The number of benzene rings is 1. The fraction of sp³-hybridized carbons (Fsp3) is 0.471. The lowest BCUT2D eigenvalue weighted by atomic mass is 10.0. The number of likely N-dealkylation sites (tertiary alicyclic amines) is 1. The smallest absolute Gasteiger partial charge is 0.208 e. The summed E-state index contributed by atoms with van der Waals surface area (Å²) in [6.45, 7) is 1.10. The van der Waals surface area contributed by atoms with E-state index in [1.807, 2.05) is 12.3 Å². The van der Waals surface area contributed by atoms with Crippen LogP contribution in [-0.2, 0) is 6.54 Å². The average molecular weight is 302 g/mol. The zero-order valence-corrected chi connectivity index (χ0v) is 12.3. The zero-order valence-electron chi connectivity index (χ0n) is 12.3. The lowest BCUT2D eigenvalue weighted by Crippen LogP contribution is -2.24. The third kappa shape index (κ3) is 2.78. The van der Waals surface area contributed by atoms with Crippen LogP contribution in [0.15, 0.2) is 34.9 Å². The molecule has 0 amide bonds. The van der Waals surface area contributed by atoms with Crippen molar-refractivity contribution in [1.82, 2.24) is 9.88 Å². The summed E-state index contributed by atoms with van der Waals surface area (Å²) < 4.78 is 19.3. The molecule has 1 aromatic carbocycles. The standard InChI is InChI=1S/C17H19FN2O2/c18-13-3-1-2-12(6-13)15-7-14(21)9-20(15)10-17-19-8-16(22-17)11-4-5-11/h1-3,6,8,11,14-15,21H,4-5,7,9-10H2/t14-,15-/m0/s1. The molecule has 2 atom stereocenters. The van der Waals surface area contributed by atoms with Gasteiger partial charge in [0.1, 0.15) is 11.6 Å². The minimum atomic E-state index is -0.397. The van der Waals surface area contributed by atoms with Gasteiger partial charge >= 0.3 is 0 Å². The van der Waals surface area contributed by atoms with Crippen LogP contribution in [0.2, 0.25) is 0 Å². The highest BCUT2D eigenvalue weighted by Crippen LogP contribution is 2.40. The number of oxazole rings is 1. The summed E-state index contributed by atoms with van der Waals surface area (Å²) in [5.41, 5.74) is 0.894. The van der Waals surface area contributed by atoms with Crippen molar-refractivity contribution < 1.29 is 13.9 Å². The van der Waals surface area contributed by atoms with Crippen molar-refractivity contribution in [2.24, 2.45) is 0 Å². The lowest BCUT2D eigenvalue weighted by Gasteiger charge is -2.23. The SMILES string of the molecule is O[C@H]1C[C@@H](c2cccc(F)c2)N(Cc2ncc(C3CC3)o2)C1. The molecule has 0 radical (unpaired) electrons. The number of hydrogen-bond donors (Lipinski definition) is 1. The van der Waals surface area contributed by atoms with Crippen molar-refractivity contribution in [1.29, 1.82) is 0 Å². The minimum Gasteiger partial charge on any atom is -0.444 e. The van der Waals surface area contributed by atoms with E-state index in [1.165, 1.54) is 18.9 Å². The van der Waals surface area contributed by atoms with E-state index in [4.69, 9.17) is 4.42 Å². The first-order valence-corrected chi connectivity index (χ1v) is 7.81.